The molecule has 0 spiro atoms. The minimum atomic E-state index is 0.201. The molecule has 1 unspecified atom stereocenters. The maximum absolute atomic E-state index is 8.72. The SMILES string of the molecule is CCCC#CC(CC)CO. The molecular formula is C9H16O. The van der Waals surface area contributed by atoms with Crippen molar-refractivity contribution in [2.24, 2.45) is 5.92 Å². The minimum Gasteiger partial charge on any atom is -0.395 e. The Hall–Kier alpha value is -0.480. The number of hydrogen-bond donors (Lipinski definition) is 1. The smallest absolute Gasteiger partial charge is 0.0568 e. The van der Waals surface area contributed by atoms with Crippen molar-refractivity contribution in [3.8, 4) is 11.8 Å². The van der Waals surface area contributed by atoms with Gasteiger partial charge in [-0.2, -0.15) is 0 Å². The van der Waals surface area contributed by atoms with Crippen LogP contribution < -0.4 is 0 Å². The van der Waals surface area contributed by atoms with Crippen LogP contribution >= 0.6 is 0 Å². The molecule has 0 aliphatic heterocycles. The van der Waals surface area contributed by atoms with E-state index in [-0.39, 0.29) is 12.5 Å². The van der Waals surface area contributed by atoms with Gasteiger partial charge in [-0.05, 0) is 12.8 Å². The minimum absolute atomic E-state index is 0.201. The van der Waals surface area contributed by atoms with Crippen molar-refractivity contribution in [1.82, 2.24) is 0 Å². The fraction of sp³-hybridized carbons (Fsp3) is 0.778. The fourth-order valence-electron chi connectivity index (χ4n) is 0.618. The van der Waals surface area contributed by atoms with Gasteiger partial charge in [0.25, 0.3) is 0 Å². The molecular weight excluding hydrogens is 124 g/mol. The van der Waals surface area contributed by atoms with Gasteiger partial charge in [0, 0.05) is 12.3 Å². The molecule has 10 heavy (non-hydrogen) atoms. The van der Waals surface area contributed by atoms with Gasteiger partial charge in [0.05, 0.1) is 6.61 Å². The molecule has 1 heteroatoms. The standard InChI is InChI=1S/C9H16O/c1-3-5-6-7-9(4-2)8-10/h9-10H,3-5,8H2,1-2H3. The third-order valence-corrected chi connectivity index (χ3v) is 1.39. The van der Waals surface area contributed by atoms with Crippen LogP contribution in [0.3, 0.4) is 0 Å². The van der Waals surface area contributed by atoms with E-state index in [2.05, 4.69) is 18.8 Å². The van der Waals surface area contributed by atoms with E-state index in [0.29, 0.717) is 0 Å². The summed E-state index contributed by atoms with van der Waals surface area (Å²) in [6.07, 6.45) is 3.01. The van der Waals surface area contributed by atoms with Crippen molar-refractivity contribution in [3.05, 3.63) is 0 Å². The van der Waals surface area contributed by atoms with Gasteiger partial charge in [-0.3, -0.25) is 0 Å². The van der Waals surface area contributed by atoms with E-state index in [9.17, 15) is 0 Å². The van der Waals surface area contributed by atoms with Gasteiger partial charge in [-0.15, -0.1) is 5.92 Å². The van der Waals surface area contributed by atoms with Gasteiger partial charge in [-0.1, -0.05) is 19.8 Å². The highest BCUT2D eigenvalue weighted by Gasteiger charge is 1.96. The van der Waals surface area contributed by atoms with Gasteiger partial charge in [0.2, 0.25) is 0 Å². The lowest BCUT2D eigenvalue weighted by molar-refractivity contribution is 0.254. The van der Waals surface area contributed by atoms with Crippen molar-refractivity contribution in [2.75, 3.05) is 6.61 Å². The Morgan fingerprint density at radius 2 is 2.10 bits per heavy atom. The Kier molecular flexibility index (Phi) is 6.32. The predicted octanol–water partition coefficient (Wildman–Crippen LogP) is 1.81. The topological polar surface area (TPSA) is 20.2 Å². The lowest BCUT2D eigenvalue weighted by atomic mass is 10.1. The van der Waals surface area contributed by atoms with E-state index >= 15 is 0 Å². The molecule has 0 aromatic rings. The maximum atomic E-state index is 8.72. The molecule has 0 amide bonds. The lowest BCUT2D eigenvalue weighted by Crippen LogP contribution is -2.00. The van der Waals surface area contributed by atoms with Crippen LogP contribution in [0, 0.1) is 17.8 Å². The average Bonchev–Trinajstić information content (AvgIpc) is 1.99. The van der Waals surface area contributed by atoms with E-state index in [4.69, 9.17) is 5.11 Å². The molecule has 0 aliphatic rings. The van der Waals surface area contributed by atoms with Crippen molar-refractivity contribution in [1.29, 1.82) is 0 Å². The zero-order valence-corrected chi connectivity index (χ0v) is 6.85. The molecule has 0 radical (unpaired) electrons. The molecule has 0 heterocycles. The first-order chi connectivity index (χ1) is 4.85. The van der Waals surface area contributed by atoms with Crippen molar-refractivity contribution in [3.63, 3.8) is 0 Å². The molecule has 0 saturated heterocycles. The number of unbranched alkanes of at least 4 members (excludes halogenated alkanes) is 1. The third kappa shape index (κ3) is 4.40. The highest BCUT2D eigenvalue weighted by molar-refractivity contribution is 5.02. The monoisotopic (exact) mass is 140 g/mol. The van der Waals surface area contributed by atoms with Crippen LogP contribution in [0.25, 0.3) is 0 Å². The van der Waals surface area contributed by atoms with Gasteiger partial charge >= 0.3 is 0 Å². The van der Waals surface area contributed by atoms with Crippen LogP contribution in [0.15, 0.2) is 0 Å². The molecule has 1 N–H and O–H groups in total. The first-order valence-electron chi connectivity index (χ1n) is 3.94. The lowest BCUT2D eigenvalue weighted by Gasteiger charge is -1.99. The Labute approximate surface area is 63.5 Å². The summed E-state index contributed by atoms with van der Waals surface area (Å²) in [5, 5.41) is 8.72. The summed E-state index contributed by atoms with van der Waals surface area (Å²) >= 11 is 0. The summed E-state index contributed by atoms with van der Waals surface area (Å²) in [6.45, 7) is 4.35. The summed E-state index contributed by atoms with van der Waals surface area (Å²) in [6, 6.07) is 0. The van der Waals surface area contributed by atoms with E-state index < -0.39 is 0 Å². The van der Waals surface area contributed by atoms with E-state index in [1.807, 2.05) is 6.92 Å². The van der Waals surface area contributed by atoms with E-state index in [0.717, 1.165) is 19.3 Å². The first kappa shape index (κ1) is 9.52. The third-order valence-electron chi connectivity index (χ3n) is 1.39. The molecule has 0 aromatic heterocycles. The van der Waals surface area contributed by atoms with Gasteiger partial charge in [-0.25, -0.2) is 0 Å². The van der Waals surface area contributed by atoms with Crippen LogP contribution in [-0.4, -0.2) is 11.7 Å². The van der Waals surface area contributed by atoms with Crippen molar-refractivity contribution in [2.45, 2.75) is 33.1 Å². The Morgan fingerprint density at radius 3 is 2.50 bits per heavy atom. The predicted molar refractivity (Wildman–Crippen MR) is 43.6 cm³/mol. The summed E-state index contributed by atoms with van der Waals surface area (Å²) in [7, 11) is 0. The molecule has 0 rings (SSSR count). The number of hydrogen-bond acceptors (Lipinski definition) is 1. The molecule has 0 saturated carbocycles. The Balaban J connectivity index is 3.52. The molecule has 1 atom stereocenters. The fourth-order valence-corrected chi connectivity index (χ4v) is 0.618. The molecule has 58 valence electrons. The van der Waals surface area contributed by atoms with Gasteiger partial charge in [0.15, 0.2) is 0 Å². The molecule has 0 aliphatic carbocycles. The number of rotatable bonds is 3. The normalized spacial score (nSPS) is 11.9. The summed E-state index contributed by atoms with van der Waals surface area (Å²) in [4.78, 5) is 0. The van der Waals surface area contributed by atoms with Crippen LogP contribution in [0.4, 0.5) is 0 Å². The highest BCUT2D eigenvalue weighted by atomic mass is 16.3. The zero-order chi connectivity index (χ0) is 7.82. The largest absolute Gasteiger partial charge is 0.395 e. The van der Waals surface area contributed by atoms with E-state index in [1.54, 1.807) is 0 Å². The van der Waals surface area contributed by atoms with Crippen LogP contribution in [0.2, 0.25) is 0 Å². The first-order valence-corrected chi connectivity index (χ1v) is 3.94. The second-order valence-corrected chi connectivity index (χ2v) is 2.36. The number of aliphatic hydroxyl groups is 1. The highest BCUT2D eigenvalue weighted by Crippen LogP contribution is 1.97. The number of aliphatic hydroxyl groups excluding tert-OH is 1. The van der Waals surface area contributed by atoms with Crippen LogP contribution in [0.5, 0.6) is 0 Å². The Bertz CT molecular complexity index is 114. The summed E-state index contributed by atoms with van der Waals surface area (Å²) in [5.41, 5.74) is 0. The van der Waals surface area contributed by atoms with Crippen LogP contribution in [-0.2, 0) is 0 Å². The van der Waals surface area contributed by atoms with Gasteiger partial charge < -0.3 is 5.11 Å². The zero-order valence-electron chi connectivity index (χ0n) is 6.85. The molecule has 1 nitrogen and oxygen atoms in total. The molecule has 0 bridgehead atoms. The van der Waals surface area contributed by atoms with Gasteiger partial charge in [0.1, 0.15) is 0 Å². The average molecular weight is 140 g/mol. The maximum Gasteiger partial charge on any atom is 0.0568 e. The van der Waals surface area contributed by atoms with Crippen LogP contribution in [0.1, 0.15) is 33.1 Å². The van der Waals surface area contributed by atoms with Crippen molar-refractivity contribution < 1.29 is 5.11 Å². The second kappa shape index (κ2) is 6.64. The second-order valence-electron chi connectivity index (χ2n) is 2.36. The Morgan fingerprint density at radius 1 is 1.40 bits per heavy atom. The van der Waals surface area contributed by atoms with E-state index in [1.165, 1.54) is 0 Å². The molecule has 0 fully saturated rings. The quantitative estimate of drug-likeness (QED) is 0.593. The van der Waals surface area contributed by atoms with Crippen molar-refractivity contribution >= 4 is 0 Å². The molecule has 0 aromatic carbocycles. The summed E-state index contributed by atoms with van der Waals surface area (Å²) in [5.74, 6) is 6.25. The summed E-state index contributed by atoms with van der Waals surface area (Å²) < 4.78 is 0.